The van der Waals surface area contributed by atoms with E-state index in [0.717, 1.165) is 25.9 Å². The highest BCUT2D eigenvalue weighted by molar-refractivity contribution is 6.33. The number of anilines is 3. The van der Waals surface area contributed by atoms with Gasteiger partial charge in [0.25, 0.3) is 0 Å². The molecule has 120 valence electrons. The minimum absolute atomic E-state index is 0.0432. The number of nitrogens with zero attached hydrogens (tertiary/aromatic N) is 1. The Labute approximate surface area is 132 Å². The monoisotopic (exact) mass is 315 g/mol. The molecule has 0 bridgehead atoms. The van der Waals surface area contributed by atoms with Crippen LogP contribution in [0.1, 0.15) is 40.5 Å². The van der Waals surface area contributed by atoms with Gasteiger partial charge in [0.05, 0.1) is 17.1 Å². The van der Waals surface area contributed by atoms with Gasteiger partial charge < -0.3 is 16.4 Å². The van der Waals surface area contributed by atoms with Gasteiger partial charge >= 0.3 is 0 Å². The zero-order chi connectivity index (χ0) is 16.2. The summed E-state index contributed by atoms with van der Waals surface area (Å²) in [6.45, 7) is 10.1. The van der Waals surface area contributed by atoms with Crippen LogP contribution in [0, 0.1) is 17.7 Å². The summed E-state index contributed by atoms with van der Waals surface area (Å²) in [5, 5.41) is -0.0432. The number of rotatable bonds is 7. The first-order valence-electron chi connectivity index (χ1n) is 7.51. The minimum Gasteiger partial charge on any atom is -0.397 e. The van der Waals surface area contributed by atoms with Crippen molar-refractivity contribution in [2.75, 3.05) is 29.5 Å². The summed E-state index contributed by atoms with van der Waals surface area (Å²) >= 11 is 5.94. The van der Waals surface area contributed by atoms with Gasteiger partial charge in [-0.1, -0.05) is 39.3 Å². The average Bonchev–Trinajstić information content (AvgIpc) is 2.38. The van der Waals surface area contributed by atoms with Crippen LogP contribution in [-0.4, -0.2) is 13.1 Å². The standard InChI is InChI=1S/C16H27ClFN3/c1-10(2)5-7-21(8-6-11(3)4)16-13(20)9-12(19)14(17)15(16)18/h9-11H,5-8,19-20H2,1-4H3. The van der Waals surface area contributed by atoms with Gasteiger partial charge in [0.2, 0.25) is 0 Å². The van der Waals surface area contributed by atoms with E-state index in [9.17, 15) is 4.39 Å². The highest BCUT2D eigenvalue weighted by Crippen LogP contribution is 2.36. The lowest BCUT2D eigenvalue weighted by Crippen LogP contribution is -2.29. The molecule has 0 atom stereocenters. The van der Waals surface area contributed by atoms with Crippen molar-refractivity contribution < 1.29 is 4.39 Å². The first-order chi connectivity index (χ1) is 9.73. The lowest BCUT2D eigenvalue weighted by Gasteiger charge is -2.28. The molecule has 5 heteroatoms. The molecule has 0 radical (unpaired) electrons. The van der Waals surface area contributed by atoms with Gasteiger partial charge in [0, 0.05) is 13.1 Å². The molecule has 0 fully saturated rings. The second kappa shape index (κ2) is 7.74. The van der Waals surface area contributed by atoms with E-state index in [1.165, 1.54) is 0 Å². The average molecular weight is 316 g/mol. The normalized spacial score (nSPS) is 11.4. The molecule has 0 aromatic heterocycles. The van der Waals surface area contributed by atoms with Gasteiger partial charge in [-0.3, -0.25) is 0 Å². The molecule has 0 saturated heterocycles. The number of hydrogen-bond donors (Lipinski definition) is 2. The number of nitrogen functional groups attached to an aromatic ring is 2. The van der Waals surface area contributed by atoms with Crippen LogP contribution in [0.2, 0.25) is 5.02 Å². The fourth-order valence-corrected chi connectivity index (χ4v) is 2.29. The fourth-order valence-electron chi connectivity index (χ4n) is 2.14. The first kappa shape index (κ1) is 17.9. The predicted molar refractivity (Wildman–Crippen MR) is 91.4 cm³/mol. The van der Waals surface area contributed by atoms with E-state index < -0.39 is 5.82 Å². The Balaban J connectivity index is 3.09. The second-order valence-corrected chi connectivity index (χ2v) is 6.76. The Hall–Kier alpha value is -1.16. The third-order valence-corrected chi connectivity index (χ3v) is 3.89. The highest BCUT2D eigenvalue weighted by atomic mass is 35.5. The highest BCUT2D eigenvalue weighted by Gasteiger charge is 2.20. The molecule has 0 unspecified atom stereocenters. The topological polar surface area (TPSA) is 55.3 Å². The summed E-state index contributed by atoms with van der Waals surface area (Å²) in [5.74, 6) is 0.571. The summed E-state index contributed by atoms with van der Waals surface area (Å²) in [6.07, 6.45) is 1.94. The molecule has 0 aliphatic carbocycles. The molecule has 1 aromatic rings. The molecular weight excluding hydrogens is 289 g/mol. The summed E-state index contributed by atoms with van der Waals surface area (Å²) in [4.78, 5) is 2.00. The Bertz CT molecular complexity index is 463. The third kappa shape index (κ3) is 4.95. The molecule has 4 N–H and O–H groups in total. The van der Waals surface area contributed by atoms with Crippen molar-refractivity contribution in [3.63, 3.8) is 0 Å². The molecule has 0 amide bonds. The van der Waals surface area contributed by atoms with Crippen molar-refractivity contribution in [2.45, 2.75) is 40.5 Å². The molecule has 0 aliphatic heterocycles. The number of benzene rings is 1. The van der Waals surface area contributed by atoms with Gasteiger partial charge in [-0.25, -0.2) is 4.39 Å². The van der Waals surface area contributed by atoms with Crippen LogP contribution in [-0.2, 0) is 0 Å². The van der Waals surface area contributed by atoms with E-state index in [4.69, 9.17) is 23.1 Å². The van der Waals surface area contributed by atoms with Gasteiger partial charge in [0.1, 0.15) is 5.02 Å². The van der Waals surface area contributed by atoms with Crippen LogP contribution >= 0.6 is 11.6 Å². The maximum absolute atomic E-state index is 14.5. The molecular formula is C16H27ClFN3. The summed E-state index contributed by atoms with van der Waals surface area (Å²) in [5.41, 5.74) is 12.6. The van der Waals surface area contributed by atoms with Gasteiger partial charge in [-0.05, 0) is 30.7 Å². The maximum Gasteiger partial charge on any atom is 0.169 e. The van der Waals surface area contributed by atoms with Gasteiger partial charge in [-0.15, -0.1) is 0 Å². The molecule has 0 saturated carbocycles. The maximum atomic E-state index is 14.5. The summed E-state index contributed by atoms with van der Waals surface area (Å²) < 4.78 is 14.5. The molecule has 1 rings (SSSR count). The Morgan fingerprint density at radius 3 is 1.95 bits per heavy atom. The van der Waals surface area contributed by atoms with Crippen molar-refractivity contribution in [3.05, 3.63) is 16.9 Å². The summed E-state index contributed by atoms with van der Waals surface area (Å²) in [7, 11) is 0. The van der Waals surface area contributed by atoms with Crippen molar-refractivity contribution in [3.8, 4) is 0 Å². The van der Waals surface area contributed by atoms with Crippen LogP contribution in [0.25, 0.3) is 0 Å². The van der Waals surface area contributed by atoms with E-state index in [2.05, 4.69) is 27.7 Å². The van der Waals surface area contributed by atoms with Gasteiger partial charge in [-0.2, -0.15) is 0 Å². The molecule has 0 aliphatic rings. The Morgan fingerprint density at radius 1 is 1.05 bits per heavy atom. The van der Waals surface area contributed by atoms with Crippen molar-refractivity contribution in [1.82, 2.24) is 0 Å². The van der Waals surface area contributed by atoms with E-state index in [1.54, 1.807) is 6.07 Å². The Kier molecular flexibility index (Phi) is 6.59. The number of hydrogen-bond acceptors (Lipinski definition) is 3. The zero-order valence-electron chi connectivity index (χ0n) is 13.4. The van der Waals surface area contributed by atoms with Gasteiger partial charge in [0.15, 0.2) is 5.82 Å². The minimum atomic E-state index is -0.512. The lowest BCUT2D eigenvalue weighted by molar-refractivity contribution is 0.527. The quantitative estimate of drug-likeness (QED) is 0.726. The van der Waals surface area contributed by atoms with E-state index in [-0.39, 0.29) is 10.7 Å². The van der Waals surface area contributed by atoms with E-state index >= 15 is 0 Å². The number of nitrogens with two attached hydrogens (primary N) is 2. The largest absolute Gasteiger partial charge is 0.397 e. The lowest BCUT2D eigenvalue weighted by atomic mass is 10.1. The predicted octanol–water partition coefficient (Wildman–Crippen LogP) is 4.54. The first-order valence-corrected chi connectivity index (χ1v) is 7.89. The SMILES string of the molecule is CC(C)CCN(CCC(C)C)c1c(N)cc(N)c(Cl)c1F. The molecule has 3 nitrogen and oxygen atoms in total. The van der Waals surface area contributed by atoms with Crippen molar-refractivity contribution in [2.24, 2.45) is 11.8 Å². The van der Waals surface area contributed by atoms with Crippen LogP contribution in [0.15, 0.2) is 6.07 Å². The van der Waals surface area contributed by atoms with Crippen LogP contribution in [0.5, 0.6) is 0 Å². The molecule has 0 spiro atoms. The van der Waals surface area contributed by atoms with E-state index in [0.29, 0.717) is 23.2 Å². The number of halogens is 2. The van der Waals surface area contributed by atoms with Crippen molar-refractivity contribution >= 4 is 28.7 Å². The Morgan fingerprint density at radius 2 is 1.52 bits per heavy atom. The zero-order valence-corrected chi connectivity index (χ0v) is 14.2. The molecule has 0 heterocycles. The van der Waals surface area contributed by atoms with Crippen LogP contribution in [0.4, 0.5) is 21.5 Å². The third-order valence-electron chi connectivity index (χ3n) is 3.51. The van der Waals surface area contributed by atoms with Crippen LogP contribution in [0.3, 0.4) is 0 Å². The second-order valence-electron chi connectivity index (χ2n) is 6.38. The molecule has 1 aromatic carbocycles. The van der Waals surface area contributed by atoms with Crippen molar-refractivity contribution in [1.29, 1.82) is 0 Å². The van der Waals surface area contributed by atoms with E-state index in [1.807, 2.05) is 4.90 Å². The van der Waals surface area contributed by atoms with Crippen LogP contribution < -0.4 is 16.4 Å². The summed E-state index contributed by atoms with van der Waals surface area (Å²) in [6, 6.07) is 1.54. The smallest absolute Gasteiger partial charge is 0.169 e. The fraction of sp³-hybridized carbons (Fsp3) is 0.625. The molecule has 21 heavy (non-hydrogen) atoms.